The highest BCUT2D eigenvalue weighted by molar-refractivity contribution is 5.79. The maximum Gasteiger partial charge on any atom is 0.191 e. The first kappa shape index (κ1) is 20.2. The van der Waals surface area contributed by atoms with Gasteiger partial charge >= 0.3 is 0 Å². The highest BCUT2D eigenvalue weighted by atomic mass is 16.5. The van der Waals surface area contributed by atoms with Crippen LogP contribution >= 0.6 is 0 Å². The van der Waals surface area contributed by atoms with E-state index < -0.39 is 0 Å². The lowest BCUT2D eigenvalue weighted by Gasteiger charge is -2.25. The third-order valence-corrected chi connectivity index (χ3v) is 4.86. The average Bonchev–Trinajstić information content (AvgIpc) is 3.14. The molecular formula is C21H32N6O. The predicted molar refractivity (Wildman–Crippen MR) is 112 cm³/mol. The van der Waals surface area contributed by atoms with Gasteiger partial charge in [0.1, 0.15) is 11.6 Å². The molecule has 1 aromatic heterocycles. The summed E-state index contributed by atoms with van der Waals surface area (Å²) >= 11 is 0. The molecule has 7 nitrogen and oxygen atoms in total. The van der Waals surface area contributed by atoms with Crippen molar-refractivity contribution in [3.8, 4) is 5.75 Å². The molecule has 0 fully saturated rings. The van der Waals surface area contributed by atoms with Gasteiger partial charge in [0, 0.05) is 32.5 Å². The van der Waals surface area contributed by atoms with Crippen molar-refractivity contribution in [2.45, 2.75) is 58.5 Å². The van der Waals surface area contributed by atoms with E-state index in [-0.39, 0.29) is 0 Å². The van der Waals surface area contributed by atoms with E-state index in [1.54, 1.807) is 0 Å². The van der Waals surface area contributed by atoms with Crippen LogP contribution in [0.2, 0.25) is 0 Å². The zero-order chi connectivity index (χ0) is 19.8. The monoisotopic (exact) mass is 384 g/mol. The summed E-state index contributed by atoms with van der Waals surface area (Å²) in [4.78, 5) is 8.95. The van der Waals surface area contributed by atoms with Crippen molar-refractivity contribution in [1.82, 2.24) is 25.4 Å². The summed E-state index contributed by atoms with van der Waals surface area (Å²) in [5.41, 5.74) is 1.26. The zero-order valence-corrected chi connectivity index (χ0v) is 17.2. The number of rotatable bonds is 8. The van der Waals surface area contributed by atoms with Gasteiger partial charge in [0.25, 0.3) is 0 Å². The summed E-state index contributed by atoms with van der Waals surface area (Å²) in [7, 11) is 1.81. The lowest BCUT2D eigenvalue weighted by atomic mass is 10.1. The fourth-order valence-corrected chi connectivity index (χ4v) is 3.35. The minimum Gasteiger partial charge on any atom is -0.494 e. The second kappa shape index (κ2) is 10.1. The molecule has 0 radical (unpaired) electrons. The van der Waals surface area contributed by atoms with Gasteiger partial charge in [-0.15, -0.1) is 0 Å². The molecule has 0 aliphatic carbocycles. The van der Waals surface area contributed by atoms with Crippen molar-refractivity contribution < 1.29 is 4.74 Å². The van der Waals surface area contributed by atoms with Crippen LogP contribution in [0.3, 0.4) is 0 Å². The van der Waals surface area contributed by atoms with Crippen molar-refractivity contribution in [1.29, 1.82) is 0 Å². The van der Waals surface area contributed by atoms with Crippen molar-refractivity contribution >= 4 is 5.96 Å². The summed E-state index contributed by atoms with van der Waals surface area (Å²) in [6.07, 6.45) is 4.81. The second-order valence-corrected chi connectivity index (χ2v) is 7.10. The molecular weight excluding hydrogens is 352 g/mol. The average molecular weight is 385 g/mol. The molecule has 1 aliphatic rings. The van der Waals surface area contributed by atoms with Crippen LogP contribution in [0.25, 0.3) is 0 Å². The highest BCUT2D eigenvalue weighted by Crippen LogP contribution is 2.14. The summed E-state index contributed by atoms with van der Waals surface area (Å²) in [5.74, 6) is 3.81. The quantitative estimate of drug-likeness (QED) is 0.540. The first-order valence-electron chi connectivity index (χ1n) is 10.3. The van der Waals surface area contributed by atoms with Gasteiger partial charge in [-0.1, -0.05) is 26.0 Å². The molecule has 2 N–H and O–H groups in total. The molecule has 7 heteroatoms. The van der Waals surface area contributed by atoms with Gasteiger partial charge in [0.2, 0.25) is 0 Å². The van der Waals surface area contributed by atoms with Gasteiger partial charge in [-0.25, -0.2) is 9.67 Å². The minimum atomic E-state index is 0.316. The third-order valence-electron chi connectivity index (χ3n) is 4.86. The number of hydrogen-bond donors (Lipinski definition) is 2. The predicted octanol–water partition coefficient (Wildman–Crippen LogP) is 2.35. The van der Waals surface area contributed by atoms with Crippen molar-refractivity contribution in [3.63, 3.8) is 0 Å². The topological polar surface area (TPSA) is 76.4 Å². The number of hydrogen-bond acceptors (Lipinski definition) is 4. The van der Waals surface area contributed by atoms with Crippen LogP contribution in [0.1, 0.15) is 43.9 Å². The number of aryl methyl sites for hydroxylation is 2. The maximum absolute atomic E-state index is 5.71. The Morgan fingerprint density at radius 1 is 1.36 bits per heavy atom. The Hall–Kier alpha value is -2.57. The van der Waals surface area contributed by atoms with Gasteiger partial charge in [-0.05, 0) is 37.0 Å². The second-order valence-electron chi connectivity index (χ2n) is 7.10. The Balaban J connectivity index is 1.46. The van der Waals surface area contributed by atoms with Gasteiger partial charge in [-0.2, -0.15) is 5.10 Å². The molecule has 0 bridgehead atoms. The van der Waals surface area contributed by atoms with E-state index in [9.17, 15) is 0 Å². The Labute approximate surface area is 167 Å². The normalized spacial score (nSPS) is 16.5. The fourth-order valence-electron chi connectivity index (χ4n) is 3.35. The van der Waals surface area contributed by atoms with E-state index in [0.29, 0.717) is 6.04 Å². The number of fused-ring (bicyclic) bond motifs is 1. The first-order chi connectivity index (χ1) is 13.7. The van der Waals surface area contributed by atoms with Crippen LogP contribution in [0, 0.1) is 0 Å². The van der Waals surface area contributed by atoms with E-state index in [1.807, 2.05) is 17.8 Å². The Morgan fingerprint density at radius 3 is 3.04 bits per heavy atom. The zero-order valence-electron chi connectivity index (χ0n) is 17.2. The number of guanidine groups is 1. The van der Waals surface area contributed by atoms with Gasteiger partial charge in [0.15, 0.2) is 11.8 Å². The summed E-state index contributed by atoms with van der Waals surface area (Å²) < 4.78 is 7.75. The van der Waals surface area contributed by atoms with Crippen molar-refractivity contribution in [2.75, 3.05) is 20.2 Å². The van der Waals surface area contributed by atoms with Crippen molar-refractivity contribution in [3.05, 3.63) is 41.5 Å². The standard InChI is InChI=1S/C21H32N6O/c1-4-13-28-18-8-6-7-16(14-18)11-12-23-21(22-3)24-17-9-10-20-25-19(5-2)26-27(20)15-17/h6-8,14,17H,4-5,9-13,15H2,1-3H3,(H2,22,23,24). The molecule has 3 rings (SSSR count). The molecule has 0 amide bonds. The lowest BCUT2D eigenvalue weighted by molar-refractivity contribution is 0.317. The largest absolute Gasteiger partial charge is 0.494 e. The number of nitrogens with one attached hydrogen (secondary N) is 2. The molecule has 28 heavy (non-hydrogen) atoms. The molecule has 152 valence electrons. The van der Waals surface area contributed by atoms with E-state index in [1.165, 1.54) is 5.56 Å². The molecule has 1 atom stereocenters. The summed E-state index contributed by atoms with van der Waals surface area (Å²) in [5, 5.41) is 11.5. The van der Waals surface area contributed by atoms with Gasteiger partial charge < -0.3 is 15.4 Å². The van der Waals surface area contributed by atoms with E-state index in [4.69, 9.17) is 4.74 Å². The lowest BCUT2D eigenvalue weighted by Crippen LogP contribution is -2.47. The van der Waals surface area contributed by atoms with Crippen molar-refractivity contribution in [2.24, 2.45) is 4.99 Å². The third kappa shape index (κ3) is 5.47. The molecule has 0 saturated carbocycles. The van der Waals surface area contributed by atoms with E-state index >= 15 is 0 Å². The SMILES string of the molecule is CCCOc1cccc(CCNC(=NC)NC2CCc3nc(CC)nn3C2)c1. The summed E-state index contributed by atoms with van der Waals surface area (Å²) in [6.45, 7) is 6.62. The fraction of sp³-hybridized carbons (Fsp3) is 0.571. The van der Waals surface area contributed by atoms with Crippen LogP contribution in [-0.4, -0.2) is 47.0 Å². The number of aliphatic imine (C=N–C) groups is 1. The molecule has 1 aliphatic heterocycles. The Morgan fingerprint density at radius 2 is 2.25 bits per heavy atom. The molecule has 0 spiro atoms. The van der Waals surface area contributed by atoms with Crippen LogP contribution in [0.4, 0.5) is 0 Å². The van der Waals surface area contributed by atoms with Gasteiger partial charge in [-0.3, -0.25) is 4.99 Å². The molecule has 1 unspecified atom stereocenters. The van der Waals surface area contributed by atoms with Crippen LogP contribution in [0.5, 0.6) is 5.75 Å². The van der Waals surface area contributed by atoms with Crippen LogP contribution in [-0.2, 0) is 25.8 Å². The number of nitrogens with zero attached hydrogens (tertiary/aromatic N) is 4. The first-order valence-corrected chi connectivity index (χ1v) is 10.3. The Bertz CT molecular complexity index is 785. The molecule has 2 aromatic rings. The number of aromatic nitrogens is 3. The highest BCUT2D eigenvalue weighted by Gasteiger charge is 2.21. The number of benzene rings is 1. The maximum atomic E-state index is 5.71. The molecule has 2 heterocycles. The Kier molecular flexibility index (Phi) is 7.28. The van der Waals surface area contributed by atoms with E-state index in [2.05, 4.69) is 57.8 Å². The van der Waals surface area contributed by atoms with E-state index in [0.717, 1.165) is 75.2 Å². The molecule has 1 aromatic carbocycles. The van der Waals surface area contributed by atoms with Gasteiger partial charge in [0.05, 0.1) is 13.2 Å². The smallest absolute Gasteiger partial charge is 0.191 e. The molecule has 0 saturated heterocycles. The number of ether oxygens (including phenoxy) is 1. The summed E-state index contributed by atoms with van der Waals surface area (Å²) in [6, 6.07) is 8.63. The van der Waals surface area contributed by atoms with Crippen LogP contribution < -0.4 is 15.4 Å². The van der Waals surface area contributed by atoms with Crippen LogP contribution in [0.15, 0.2) is 29.3 Å². The minimum absolute atomic E-state index is 0.316.